The zero-order valence-electron chi connectivity index (χ0n) is 4.63. The van der Waals surface area contributed by atoms with E-state index in [1.807, 2.05) is 0 Å². The van der Waals surface area contributed by atoms with Crippen LogP contribution in [0.25, 0.3) is 0 Å². The minimum Gasteiger partial charge on any atom is -0.378 e. The Hall–Kier alpha value is -0.660. The van der Waals surface area contributed by atoms with Crippen molar-refractivity contribution in [3.8, 4) is 0 Å². The molecule has 0 atom stereocenters. The fourth-order valence-electron chi connectivity index (χ4n) is 0.472. The average molecular weight is 112 g/mol. The van der Waals surface area contributed by atoms with Crippen molar-refractivity contribution in [2.24, 2.45) is 9.98 Å². The minimum absolute atomic E-state index is 0.698. The Labute approximate surface area is 48.1 Å². The molecule has 1 heterocycles. The van der Waals surface area contributed by atoms with Crippen LogP contribution < -0.4 is 0 Å². The SMILES string of the molecule is C1=NCCOCCN=1. The fourth-order valence-corrected chi connectivity index (χ4v) is 0.472. The Bertz CT molecular complexity index is 106. The van der Waals surface area contributed by atoms with E-state index in [4.69, 9.17) is 4.74 Å². The molecular weight excluding hydrogens is 104 g/mol. The maximum absolute atomic E-state index is 5.05. The first-order valence-corrected chi connectivity index (χ1v) is 2.66. The lowest BCUT2D eigenvalue weighted by Crippen LogP contribution is -2.03. The van der Waals surface area contributed by atoms with E-state index in [0.29, 0.717) is 26.3 Å². The Morgan fingerprint density at radius 1 is 1.12 bits per heavy atom. The largest absolute Gasteiger partial charge is 0.378 e. The van der Waals surface area contributed by atoms with Crippen LogP contribution in [0.5, 0.6) is 0 Å². The second-order valence-corrected chi connectivity index (χ2v) is 1.48. The summed E-state index contributed by atoms with van der Waals surface area (Å²) in [6.07, 6.45) is 0. The van der Waals surface area contributed by atoms with Crippen LogP contribution in [0.4, 0.5) is 0 Å². The van der Waals surface area contributed by atoms with Crippen molar-refractivity contribution in [3.05, 3.63) is 0 Å². The van der Waals surface area contributed by atoms with Crippen LogP contribution in [-0.4, -0.2) is 32.3 Å². The summed E-state index contributed by atoms with van der Waals surface area (Å²) >= 11 is 0. The van der Waals surface area contributed by atoms with E-state index >= 15 is 0 Å². The quantitative estimate of drug-likeness (QED) is 0.440. The van der Waals surface area contributed by atoms with Gasteiger partial charge >= 0.3 is 0 Å². The Morgan fingerprint density at radius 2 is 1.75 bits per heavy atom. The average Bonchev–Trinajstić information content (AvgIpc) is 1.62. The number of hydrogen-bond donors (Lipinski definition) is 0. The molecule has 0 amide bonds. The zero-order chi connectivity index (χ0) is 5.66. The Balaban J connectivity index is 2.36. The molecular formula is C5H8N2O. The lowest BCUT2D eigenvalue weighted by molar-refractivity contribution is 0.148. The standard InChI is InChI=1S/C5H8N2O/c1-3-8-4-2-7-5-6-1/h1-4H2. The van der Waals surface area contributed by atoms with E-state index in [0.717, 1.165) is 0 Å². The molecule has 8 heavy (non-hydrogen) atoms. The maximum Gasteiger partial charge on any atom is 0.0894 e. The number of aliphatic imine (C=N–C) groups is 2. The topological polar surface area (TPSA) is 34.0 Å². The van der Waals surface area contributed by atoms with Crippen molar-refractivity contribution in [1.82, 2.24) is 0 Å². The molecule has 1 rings (SSSR count). The van der Waals surface area contributed by atoms with E-state index in [-0.39, 0.29) is 0 Å². The van der Waals surface area contributed by atoms with Gasteiger partial charge in [0.05, 0.1) is 32.3 Å². The summed E-state index contributed by atoms with van der Waals surface area (Å²) < 4.78 is 5.05. The van der Waals surface area contributed by atoms with Gasteiger partial charge in [0.15, 0.2) is 0 Å². The van der Waals surface area contributed by atoms with Gasteiger partial charge in [0, 0.05) is 0 Å². The van der Waals surface area contributed by atoms with Gasteiger partial charge < -0.3 is 4.74 Å². The van der Waals surface area contributed by atoms with Gasteiger partial charge in [0.1, 0.15) is 0 Å². The van der Waals surface area contributed by atoms with Gasteiger partial charge in [-0.05, 0) is 0 Å². The molecule has 0 aromatic heterocycles. The van der Waals surface area contributed by atoms with Crippen LogP contribution in [0.1, 0.15) is 0 Å². The Morgan fingerprint density at radius 3 is 2.38 bits per heavy atom. The second kappa shape index (κ2) is 3.36. The molecule has 0 unspecified atom stereocenters. The molecule has 0 radical (unpaired) electrons. The summed E-state index contributed by atoms with van der Waals surface area (Å²) in [6, 6.07) is 2.56. The van der Waals surface area contributed by atoms with Gasteiger partial charge in [0.2, 0.25) is 0 Å². The first kappa shape index (κ1) is 5.48. The van der Waals surface area contributed by atoms with E-state index in [2.05, 4.69) is 16.0 Å². The normalized spacial score (nSPS) is 20.0. The third-order valence-electron chi connectivity index (χ3n) is 0.836. The van der Waals surface area contributed by atoms with Crippen LogP contribution in [-0.2, 0) is 4.74 Å². The molecule has 0 aliphatic carbocycles. The molecule has 0 N–H and O–H groups in total. The number of hydrogen-bond acceptors (Lipinski definition) is 3. The summed E-state index contributed by atoms with van der Waals surface area (Å²) in [4.78, 5) is 7.58. The monoisotopic (exact) mass is 112 g/mol. The van der Waals surface area contributed by atoms with Gasteiger partial charge in [-0.1, -0.05) is 0 Å². The number of nitrogens with zero attached hydrogens (tertiary/aromatic N) is 2. The second-order valence-electron chi connectivity index (χ2n) is 1.48. The van der Waals surface area contributed by atoms with Crippen LogP contribution in [0.2, 0.25) is 0 Å². The molecule has 3 nitrogen and oxygen atoms in total. The first-order chi connectivity index (χ1) is 4.00. The fraction of sp³-hybridized carbons (Fsp3) is 0.800. The molecule has 0 saturated carbocycles. The lowest BCUT2D eigenvalue weighted by atomic mass is 10.6. The first-order valence-electron chi connectivity index (χ1n) is 2.66. The van der Waals surface area contributed by atoms with Crippen molar-refractivity contribution >= 4 is 6.01 Å². The third-order valence-corrected chi connectivity index (χ3v) is 0.836. The molecule has 1 aliphatic rings. The summed E-state index contributed by atoms with van der Waals surface area (Å²) in [5, 5.41) is 0. The molecule has 0 fully saturated rings. The van der Waals surface area contributed by atoms with Gasteiger partial charge in [-0.25, -0.2) is 9.98 Å². The van der Waals surface area contributed by atoms with Crippen LogP contribution >= 0.6 is 0 Å². The van der Waals surface area contributed by atoms with Crippen molar-refractivity contribution in [1.29, 1.82) is 0 Å². The summed E-state index contributed by atoms with van der Waals surface area (Å²) in [5.41, 5.74) is 0. The van der Waals surface area contributed by atoms with E-state index in [1.54, 1.807) is 0 Å². The molecule has 0 bridgehead atoms. The lowest BCUT2D eigenvalue weighted by Gasteiger charge is -1.98. The molecule has 1 aliphatic heterocycles. The molecule has 3 heteroatoms. The van der Waals surface area contributed by atoms with Gasteiger partial charge in [-0.3, -0.25) is 0 Å². The minimum atomic E-state index is 0.698. The van der Waals surface area contributed by atoms with Crippen LogP contribution in [0.15, 0.2) is 9.98 Å². The highest BCUT2D eigenvalue weighted by Crippen LogP contribution is 1.79. The smallest absolute Gasteiger partial charge is 0.0894 e. The van der Waals surface area contributed by atoms with E-state index in [1.165, 1.54) is 0 Å². The molecule has 0 saturated heterocycles. The summed E-state index contributed by atoms with van der Waals surface area (Å²) in [5.74, 6) is 0. The number of rotatable bonds is 0. The van der Waals surface area contributed by atoms with Gasteiger partial charge in [-0.15, -0.1) is 0 Å². The summed E-state index contributed by atoms with van der Waals surface area (Å²) in [6.45, 7) is 2.82. The van der Waals surface area contributed by atoms with E-state index in [9.17, 15) is 0 Å². The third kappa shape index (κ3) is 1.87. The van der Waals surface area contributed by atoms with Crippen molar-refractivity contribution in [2.45, 2.75) is 0 Å². The van der Waals surface area contributed by atoms with Crippen molar-refractivity contribution in [2.75, 3.05) is 26.3 Å². The van der Waals surface area contributed by atoms with Crippen LogP contribution in [0, 0.1) is 0 Å². The molecule has 0 spiro atoms. The Kier molecular flexibility index (Phi) is 2.30. The molecule has 44 valence electrons. The summed E-state index contributed by atoms with van der Waals surface area (Å²) in [7, 11) is 0. The zero-order valence-corrected chi connectivity index (χ0v) is 4.63. The van der Waals surface area contributed by atoms with E-state index < -0.39 is 0 Å². The molecule has 0 aromatic carbocycles. The highest BCUT2D eigenvalue weighted by molar-refractivity contribution is 5.40. The van der Waals surface area contributed by atoms with Gasteiger partial charge in [-0.2, -0.15) is 0 Å². The predicted octanol–water partition coefficient (Wildman–Crippen LogP) is 0.191. The highest BCUT2D eigenvalue weighted by atomic mass is 16.5. The molecule has 0 aromatic rings. The maximum atomic E-state index is 5.05. The van der Waals surface area contributed by atoms with Crippen molar-refractivity contribution < 1.29 is 4.74 Å². The van der Waals surface area contributed by atoms with Crippen molar-refractivity contribution in [3.63, 3.8) is 0 Å². The highest BCUT2D eigenvalue weighted by Gasteiger charge is 1.86. The predicted molar refractivity (Wildman–Crippen MR) is 30.4 cm³/mol. The van der Waals surface area contributed by atoms with Crippen LogP contribution in [0.3, 0.4) is 0 Å². The number of ether oxygens (including phenoxy) is 1. The van der Waals surface area contributed by atoms with Gasteiger partial charge in [0.25, 0.3) is 0 Å².